The van der Waals surface area contributed by atoms with Gasteiger partial charge in [0.15, 0.2) is 11.3 Å². The molecular weight excluding hydrogens is 436 g/mol. The fourth-order valence-electron chi connectivity index (χ4n) is 3.66. The minimum Gasteiger partial charge on any atom is -0.465 e. The van der Waals surface area contributed by atoms with Crippen LogP contribution >= 0.6 is 0 Å². The van der Waals surface area contributed by atoms with Gasteiger partial charge in [0.1, 0.15) is 17.2 Å². The summed E-state index contributed by atoms with van der Waals surface area (Å²) in [7, 11) is 2.91. The Morgan fingerprint density at radius 3 is 2.47 bits per heavy atom. The van der Waals surface area contributed by atoms with Crippen molar-refractivity contribution >= 4 is 45.4 Å². The zero-order valence-electron chi connectivity index (χ0n) is 18.5. The molecule has 0 saturated heterocycles. The summed E-state index contributed by atoms with van der Waals surface area (Å²) in [4.78, 5) is 38.9. The summed E-state index contributed by atoms with van der Waals surface area (Å²) in [6, 6.07) is 14.2. The molecule has 0 aliphatic carbocycles. The van der Waals surface area contributed by atoms with Crippen molar-refractivity contribution < 1.29 is 14.3 Å². The normalized spacial score (nSPS) is 11.7. The lowest BCUT2D eigenvalue weighted by atomic mass is 10.1. The molecule has 170 valence electrons. The van der Waals surface area contributed by atoms with Gasteiger partial charge in [-0.25, -0.2) is 19.7 Å². The fraction of sp³-hybridized carbons (Fsp3) is 0.167. The van der Waals surface area contributed by atoms with E-state index in [0.29, 0.717) is 51.9 Å². The van der Waals surface area contributed by atoms with Crippen LogP contribution in [0.2, 0.25) is 0 Å². The van der Waals surface area contributed by atoms with Gasteiger partial charge in [-0.2, -0.15) is 9.78 Å². The summed E-state index contributed by atoms with van der Waals surface area (Å²) in [6.45, 7) is 0.738. The van der Waals surface area contributed by atoms with E-state index in [1.165, 1.54) is 22.7 Å². The van der Waals surface area contributed by atoms with Crippen molar-refractivity contribution in [2.75, 3.05) is 20.8 Å². The summed E-state index contributed by atoms with van der Waals surface area (Å²) in [5.41, 5.74) is 3.48. The number of rotatable bonds is 6. The van der Waals surface area contributed by atoms with Gasteiger partial charge in [0.25, 0.3) is 5.56 Å². The van der Waals surface area contributed by atoms with Gasteiger partial charge >= 0.3 is 5.97 Å². The van der Waals surface area contributed by atoms with Crippen molar-refractivity contribution in [3.63, 3.8) is 0 Å². The molecule has 5 rings (SSSR count). The Morgan fingerprint density at radius 2 is 1.76 bits per heavy atom. The molecule has 0 fully saturated rings. The molecule has 3 heterocycles. The highest BCUT2D eigenvalue weighted by atomic mass is 16.5. The van der Waals surface area contributed by atoms with Crippen LogP contribution in [-0.2, 0) is 16.0 Å². The first-order valence-corrected chi connectivity index (χ1v) is 10.5. The van der Waals surface area contributed by atoms with Gasteiger partial charge in [-0.3, -0.25) is 9.36 Å². The third-order valence-corrected chi connectivity index (χ3v) is 5.40. The Bertz CT molecular complexity index is 1620. The molecule has 2 aromatic carbocycles. The molecule has 5 aromatic rings. The number of aromatic nitrogens is 5. The number of para-hydroxylation sites is 2. The van der Waals surface area contributed by atoms with Crippen LogP contribution in [-0.4, -0.2) is 57.2 Å². The largest absolute Gasteiger partial charge is 0.465 e. The average Bonchev–Trinajstić information content (AvgIpc) is 3.18. The number of fused-ring (bicyclic) bond motifs is 4. The number of esters is 1. The van der Waals surface area contributed by atoms with Crippen LogP contribution in [0.4, 0.5) is 0 Å². The van der Waals surface area contributed by atoms with Crippen LogP contribution < -0.4 is 5.56 Å². The topological polar surface area (TPSA) is 113 Å². The molecule has 0 saturated carbocycles. The molecule has 0 aliphatic rings. The molecule has 0 aliphatic heterocycles. The van der Waals surface area contributed by atoms with E-state index < -0.39 is 5.97 Å². The molecule has 10 heteroatoms. The number of hydrogen-bond acceptors (Lipinski definition) is 8. The van der Waals surface area contributed by atoms with E-state index in [9.17, 15) is 9.59 Å². The van der Waals surface area contributed by atoms with E-state index in [2.05, 4.69) is 10.1 Å². The average molecular weight is 456 g/mol. The smallest absolute Gasteiger partial charge is 0.337 e. The molecule has 0 radical (unpaired) electrons. The van der Waals surface area contributed by atoms with E-state index >= 15 is 0 Å². The van der Waals surface area contributed by atoms with Crippen LogP contribution in [0.25, 0.3) is 33.2 Å². The van der Waals surface area contributed by atoms with Gasteiger partial charge in [-0.15, -0.1) is 0 Å². The quantitative estimate of drug-likeness (QED) is 0.285. The Morgan fingerprint density at radius 1 is 1.03 bits per heavy atom. The number of carbonyl (C=O) groups is 1. The Hall–Kier alpha value is -4.44. The van der Waals surface area contributed by atoms with E-state index in [1.54, 1.807) is 37.6 Å². The monoisotopic (exact) mass is 456 g/mol. The highest BCUT2D eigenvalue weighted by Crippen LogP contribution is 2.24. The van der Waals surface area contributed by atoms with Crippen molar-refractivity contribution in [2.24, 2.45) is 5.10 Å². The van der Waals surface area contributed by atoms with E-state index in [4.69, 9.17) is 19.4 Å². The van der Waals surface area contributed by atoms with Crippen molar-refractivity contribution in [1.82, 2.24) is 24.2 Å². The standard InChI is InChI=1S/C24H20N6O4/c1-33-12-11-29-14-25-21-19(23(29)31)20-22(28-18-6-4-3-5-17(18)27-20)30(21)26-13-15-7-9-16(10-8-15)24(32)34-2/h3-10,13-14H,11-12H2,1-2H3/b26-13+. The minimum absolute atomic E-state index is 0.243. The first kappa shape index (κ1) is 21.4. The second-order valence-corrected chi connectivity index (χ2v) is 7.49. The molecular formula is C24H20N6O4. The number of benzene rings is 2. The molecule has 0 bridgehead atoms. The number of methoxy groups -OCH3 is 2. The third-order valence-electron chi connectivity index (χ3n) is 5.40. The van der Waals surface area contributed by atoms with Gasteiger partial charge in [-0.05, 0) is 29.8 Å². The number of nitrogens with zero attached hydrogens (tertiary/aromatic N) is 6. The van der Waals surface area contributed by atoms with Gasteiger partial charge < -0.3 is 9.47 Å². The van der Waals surface area contributed by atoms with Crippen LogP contribution in [0.5, 0.6) is 0 Å². The summed E-state index contributed by atoms with van der Waals surface area (Å²) in [6.07, 6.45) is 3.08. The minimum atomic E-state index is -0.415. The van der Waals surface area contributed by atoms with Crippen LogP contribution in [0.1, 0.15) is 15.9 Å². The first-order valence-electron chi connectivity index (χ1n) is 10.5. The van der Waals surface area contributed by atoms with Crippen molar-refractivity contribution in [2.45, 2.75) is 6.54 Å². The predicted molar refractivity (Wildman–Crippen MR) is 127 cm³/mol. The van der Waals surface area contributed by atoms with Gasteiger partial charge in [0.2, 0.25) is 0 Å². The maximum atomic E-state index is 13.3. The number of carbonyl (C=O) groups excluding carboxylic acids is 1. The Balaban J connectivity index is 1.70. The SMILES string of the molecule is COCCn1cnc2c(c1=O)c1nc3ccccc3nc1n2/N=C/c1ccc(C(=O)OC)cc1. The van der Waals surface area contributed by atoms with Crippen molar-refractivity contribution in [3.05, 3.63) is 76.3 Å². The van der Waals surface area contributed by atoms with Crippen LogP contribution in [0.3, 0.4) is 0 Å². The van der Waals surface area contributed by atoms with E-state index in [0.717, 1.165) is 5.56 Å². The summed E-state index contributed by atoms with van der Waals surface area (Å²) in [5.74, 6) is -0.415. The van der Waals surface area contributed by atoms with E-state index in [1.807, 2.05) is 24.3 Å². The third kappa shape index (κ3) is 3.69. The first-order chi connectivity index (χ1) is 16.6. The van der Waals surface area contributed by atoms with Crippen molar-refractivity contribution in [1.29, 1.82) is 0 Å². The molecule has 0 atom stereocenters. The van der Waals surface area contributed by atoms with Crippen LogP contribution in [0.15, 0.2) is 64.8 Å². The highest BCUT2D eigenvalue weighted by molar-refractivity contribution is 6.04. The highest BCUT2D eigenvalue weighted by Gasteiger charge is 2.19. The lowest BCUT2D eigenvalue weighted by Crippen LogP contribution is -2.22. The molecule has 0 amide bonds. The molecule has 0 N–H and O–H groups in total. The number of ether oxygens (including phenoxy) is 2. The second-order valence-electron chi connectivity index (χ2n) is 7.49. The summed E-state index contributed by atoms with van der Waals surface area (Å²) < 4.78 is 12.8. The Kier molecular flexibility index (Phi) is 5.56. The van der Waals surface area contributed by atoms with Gasteiger partial charge in [0, 0.05) is 7.11 Å². The molecule has 0 spiro atoms. The lowest BCUT2D eigenvalue weighted by molar-refractivity contribution is 0.0600. The zero-order chi connectivity index (χ0) is 23.7. The van der Waals surface area contributed by atoms with Crippen molar-refractivity contribution in [3.8, 4) is 0 Å². The molecule has 3 aromatic heterocycles. The predicted octanol–water partition coefficient (Wildman–Crippen LogP) is 2.61. The maximum Gasteiger partial charge on any atom is 0.337 e. The molecule has 10 nitrogen and oxygen atoms in total. The maximum absolute atomic E-state index is 13.3. The lowest BCUT2D eigenvalue weighted by Gasteiger charge is -2.04. The number of hydrogen-bond donors (Lipinski definition) is 0. The second kappa shape index (κ2) is 8.83. The summed E-state index contributed by atoms with van der Waals surface area (Å²) >= 11 is 0. The zero-order valence-corrected chi connectivity index (χ0v) is 18.5. The Labute approximate surface area is 193 Å². The molecule has 0 unspecified atom stereocenters. The fourth-order valence-corrected chi connectivity index (χ4v) is 3.66. The molecule has 34 heavy (non-hydrogen) atoms. The summed E-state index contributed by atoms with van der Waals surface area (Å²) in [5, 5.41) is 4.90. The van der Waals surface area contributed by atoms with Gasteiger partial charge in [0.05, 0.1) is 43.1 Å². The van der Waals surface area contributed by atoms with Crippen LogP contribution in [0, 0.1) is 0 Å². The van der Waals surface area contributed by atoms with Gasteiger partial charge in [-0.1, -0.05) is 24.3 Å². The van der Waals surface area contributed by atoms with E-state index in [-0.39, 0.29) is 5.56 Å².